The topological polar surface area (TPSA) is 78.4 Å². The lowest BCUT2D eigenvalue weighted by molar-refractivity contribution is -0.116. The first-order chi connectivity index (χ1) is 11.5. The lowest BCUT2D eigenvalue weighted by atomic mass is 10.1. The van der Waals surface area contributed by atoms with Crippen LogP contribution in [0.25, 0.3) is 0 Å². The molecule has 0 radical (unpaired) electrons. The highest BCUT2D eigenvalue weighted by atomic mass is 32.2. The summed E-state index contributed by atoms with van der Waals surface area (Å²) in [5, 5.41) is 9.35. The van der Waals surface area contributed by atoms with Crippen molar-refractivity contribution in [3.63, 3.8) is 0 Å². The summed E-state index contributed by atoms with van der Waals surface area (Å²) >= 11 is 2.01. The van der Waals surface area contributed by atoms with Gasteiger partial charge in [0.25, 0.3) is 0 Å². The predicted octanol–water partition coefficient (Wildman–Crippen LogP) is 2.17. The Hall–Kier alpha value is -1.76. The van der Waals surface area contributed by atoms with Crippen LogP contribution in [0.2, 0.25) is 0 Å². The molecule has 6 nitrogen and oxygen atoms in total. The van der Waals surface area contributed by atoms with E-state index in [9.17, 15) is 4.79 Å². The number of aromatic nitrogens is 1. The van der Waals surface area contributed by atoms with E-state index in [2.05, 4.69) is 32.9 Å². The van der Waals surface area contributed by atoms with Crippen LogP contribution in [0, 0.1) is 6.92 Å². The van der Waals surface area contributed by atoms with Crippen LogP contribution in [0.3, 0.4) is 0 Å². The molecule has 0 saturated carbocycles. The van der Waals surface area contributed by atoms with E-state index in [-0.39, 0.29) is 10.7 Å². The normalized spacial score (nSPS) is 20.7. The zero-order valence-corrected chi connectivity index (χ0v) is 15.5. The minimum absolute atomic E-state index is 0.0608. The molecule has 2 heterocycles. The number of anilines is 1. The molecular formula is C17H27N5OS. The molecule has 1 aromatic heterocycles. The molecular weight excluding hydrogens is 322 g/mol. The van der Waals surface area contributed by atoms with Gasteiger partial charge in [-0.3, -0.25) is 9.79 Å². The van der Waals surface area contributed by atoms with Gasteiger partial charge in [-0.05, 0) is 44.6 Å². The van der Waals surface area contributed by atoms with E-state index >= 15 is 0 Å². The fourth-order valence-electron chi connectivity index (χ4n) is 2.58. The van der Waals surface area contributed by atoms with Gasteiger partial charge in [0.1, 0.15) is 5.82 Å². The first-order valence-corrected chi connectivity index (χ1v) is 9.31. The van der Waals surface area contributed by atoms with Crippen LogP contribution in [-0.4, -0.2) is 47.5 Å². The second-order valence-electron chi connectivity index (χ2n) is 6.22. The summed E-state index contributed by atoms with van der Waals surface area (Å²) in [5.41, 5.74) is 0.883. The number of aliphatic imine (C=N–C) groups is 1. The van der Waals surface area contributed by atoms with E-state index in [1.54, 1.807) is 13.1 Å². The monoisotopic (exact) mass is 349 g/mol. The van der Waals surface area contributed by atoms with E-state index in [1.165, 1.54) is 18.6 Å². The Balaban J connectivity index is 1.68. The zero-order valence-electron chi connectivity index (χ0n) is 14.7. The summed E-state index contributed by atoms with van der Waals surface area (Å²) in [7, 11) is 1.75. The number of carbonyl (C=O) groups is 1. The third-order valence-corrected chi connectivity index (χ3v) is 5.49. The Labute approximate surface area is 148 Å². The number of nitrogens with zero attached hydrogens (tertiary/aromatic N) is 2. The predicted molar refractivity (Wildman–Crippen MR) is 102 cm³/mol. The molecule has 1 saturated heterocycles. The third-order valence-electron chi connectivity index (χ3n) is 3.95. The number of thioether (sulfide) groups is 1. The van der Waals surface area contributed by atoms with Crippen molar-refractivity contribution in [2.24, 2.45) is 4.99 Å². The average molecular weight is 350 g/mol. The molecule has 0 spiro atoms. The van der Waals surface area contributed by atoms with Gasteiger partial charge in [0.15, 0.2) is 5.96 Å². The van der Waals surface area contributed by atoms with Crippen LogP contribution in [-0.2, 0) is 4.79 Å². The van der Waals surface area contributed by atoms with Gasteiger partial charge < -0.3 is 16.0 Å². The van der Waals surface area contributed by atoms with Crippen LogP contribution < -0.4 is 16.0 Å². The first kappa shape index (κ1) is 18.6. The van der Waals surface area contributed by atoms with Crippen molar-refractivity contribution in [3.8, 4) is 0 Å². The number of aryl methyl sites for hydroxylation is 1. The minimum Gasteiger partial charge on any atom is -0.356 e. The summed E-state index contributed by atoms with van der Waals surface area (Å²) in [6, 6.07) is 5.57. The molecule has 2 rings (SSSR count). The van der Waals surface area contributed by atoms with E-state index in [1.807, 2.05) is 30.8 Å². The molecule has 0 aromatic carbocycles. The van der Waals surface area contributed by atoms with Gasteiger partial charge in [-0.2, -0.15) is 11.8 Å². The Bertz CT molecular complexity index is 584. The number of carbonyl (C=O) groups excluding carboxylic acids is 1. The molecule has 7 heteroatoms. The molecule has 1 atom stereocenters. The average Bonchev–Trinajstić information content (AvgIpc) is 2.97. The largest absolute Gasteiger partial charge is 0.356 e. The Morgan fingerprint density at radius 2 is 2.25 bits per heavy atom. The standard InChI is InChI=1S/C17H27N5OS/c1-13-6-4-7-14(21-13)22-15(23)8-10-19-16(18-3)20-12-17(2)9-5-11-24-17/h4,6-7H,5,8-12H2,1-3H3,(H2,18,19,20)(H,21,22,23). The lowest BCUT2D eigenvalue weighted by Gasteiger charge is -2.24. The van der Waals surface area contributed by atoms with Gasteiger partial charge in [-0.1, -0.05) is 6.07 Å². The SMILES string of the molecule is CN=C(NCCC(=O)Nc1cccc(C)n1)NCC1(C)CCCS1. The molecule has 1 amide bonds. The van der Waals surface area contributed by atoms with Crippen molar-refractivity contribution in [1.29, 1.82) is 0 Å². The van der Waals surface area contributed by atoms with E-state index in [0.717, 1.165) is 18.2 Å². The lowest BCUT2D eigenvalue weighted by Crippen LogP contribution is -2.44. The van der Waals surface area contributed by atoms with Crippen LogP contribution >= 0.6 is 11.8 Å². The molecule has 132 valence electrons. The van der Waals surface area contributed by atoms with Crippen LogP contribution in [0.15, 0.2) is 23.2 Å². The van der Waals surface area contributed by atoms with Crippen LogP contribution in [0.4, 0.5) is 5.82 Å². The minimum atomic E-state index is -0.0608. The van der Waals surface area contributed by atoms with Crippen molar-refractivity contribution < 1.29 is 4.79 Å². The fraction of sp³-hybridized carbons (Fsp3) is 0.588. The second kappa shape index (κ2) is 8.92. The molecule has 0 aliphatic carbocycles. The number of amides is 1. The van der Waals surface area contributed by atoms with E-state index < -0.39 is 0 Å². The summed E-state index contributed by atoms with van der Waals surface area (Å²) in [6.45, 7) is 5.60. The van der Waals surface area contributed by atoms with Crippen molar-refractivity contribution in [1.82, 2.24) is 15.6 Å². The fourth-order valence-corrected chi connectivity index (χ4v) is 3.82. The first-order valence-electron chi connectivity index (χ1n) is 8.33. The molecule has 1 unspecified atom stereocenters. The van der Waals surface area contributed by atoms with Crippen LogP contribution in [0.1, 0.15) is 31.9 Å². The summed E-state index contributed by atoms with van der Waals surface area (Å²) in [6.07, 6.45) is 2.87. The van der Waals surface area contributed by atoms with Crippen molar-refractivity contribution in [2.45, 2.75) is 37.9 Å². The Morgan fingerprint density at radius 3 is 2.92 bits per heavy atom. The Kier molecular flexibility index (Phi) is 6.90. The summed E-state index contributed by atoms with van der Waals surface area (Å²) in [4.78, 5) is 20.4. The highest BCUT2D eigenvalue weighted by Crippen LogP contribution is 2.36. The number of hydrogen-bond donors (Lipinski definition) is 3. The second-order valence-corrected chi connectivity index (χ2v) is 7.90. The van der Waals surface area contributed by atoms with Crippen molar-refractivity contribution in [2.75, 3.05) is 31.2 Å². The quantitative estimate of drug-likeness (QED) is 0.542. The molecule has 0 bridgehead atoms. The van der Waals surface area contributed by atoms with Crippen molar-refractivity contribution >= 4 is 29.4 Å². The highest BCUT2D eigenvalue weighted by Gasteiger charge is 2.29. The van der Waals surface area contributed by atoms with Crippen molar-refractivity contribution in [3.05, 3.63) is 23.9 Å². The maximum absolute atomic E-state index is 12.0. The Morgan fingerprint density at radius 1 is 1.42 bits per heavy atom. The summed E-state index contributed by atoms with van der Waals surface area (Å²) in [5.74, 6) is 2.51. The molecule has 1 aliphatic rings. The highest BCUT2D eigenvalue weighted by molar-refractivity contribution is 8.00. The maximum atomic E-state index is 12.0. The maximum Gasteiger partial charge on any atom is 0.227 e. The van der Waals surface area contributed by atoms with E-state index in [4.69, 9.17) is 0 Å². The van der Waals surface area contributed by atoms with Gasteiger partial charge in [0.2, 0.25) is 5.91 Å². The van der Waals surface area contributed by atoms with Gasteiger partial charge in [-0.15, -0.1) is 0 Å². The zero-order chi connectivity index (χ0) is 17.4. The molecule has 1 aromatic rings. The third kappa shape index (κ3) is 6.03. The molecule has 24 heavy (non-hydrogen) atoms. The smallest absolute Gasteiger partial charge is 0.227 e. The van der Waals surface area contributed by atoms with Gasteiger partial charge in [-0.25, -0.2) is 4.98 Å². The summed E-state index contributed by atoms with van der Waals surface area (Å²) < 4.78 is 0.284. The van der Waals surface area contributed by atoms with E-state index in [0.29, 0.717) is 18.8 Å². The van der Waals surface area contributed by atoms with Gasteiger partial charge >= 0.3 is 0 Å². The molecule has 1 aliphatic heterocycles. The van der Waals surface area contributed by atoms with Gasteiger partial charge in [0, 0.05) is 37.0 Å². The van der Waals surface area contributed by atoms with Crippen LogP contribution in [0.5, 0.6) is 0 Å². The number of pyridine rings is 1. The number of guanidine groups is 1. The number of rotatable bonds is 6. The number of hydrogen-bond acceptors (Lipinski definition) is 4. The van der Waals surface area contributed by atoms with Gasteiger partial charge in [0.05, 0.1) is 0 Å². The number of nitrogens with one attached hydrogen (secondary N) is 3. The molecule has 1 fully saturated rings. The molecule has 3 N–H and O–H groups in total.